The molecule has 4 aliphatic carbocycles. The number of hydrogen-bond donors (Lipinski definition) is 0. The molecule has 7 rings (SSSR count). The summed E-state index contributed by atoms with van der Waals surface area (Å²) in [6, 6.07) is 0. The number of esters is 2. The Morgan fingerprint density at radius 3 is 2.87 bits per heavy atom. The molecule has 30 heavy (non-hydrogen) atoms. The third-order valence-corrected chi connectivity index (χ3v) is 10.2. The van der Waals surface area contributed by atoms with Gasteiger partial charge in [0.2, 0.25) is 0 Å². The first-order chi connectivity index (χ1) is 14.3. The molecule has 160 valence electrons. The zero-order chi connectivity index (χ0) is 20.8. The van der Waals surface area contributed by atoms with Crippen molar-refractivity contribution in [1.29, 1.82) is 0 Å². The van der Waals surface area contributed by atoms with Crippen molar-refractivity contribution >= 4 is 11.9 Å². The fourth-order valence-corrected chi connectivity index (χ4v) is 8.84. The van der Waals surface area contributed by atoms with Crippen molar-refractivity contribution in [1.82, 2.24) is 0 Å². The first-order valence-corrected chi connectivity index (χ1v) is 11.4. The molecule has 0 N–H and O–H groups in total. The zero-order valence-electron chi connectivity index (χ0n) is 17.7. The maximum absolute atomic E-state index is 12.4. The minimum Gasteiger partial charge on any atom is -0.458 e. The van der Waals surface area contributed by atoms with Gasteiger partial charge in [0, 0.05) is 17.1 Å². The molecule has 2 spiro atoms. The standard InChI is InChI=1S/C24H28O6/c1-5-17(25)28-20-23(11(2)3)18(30-23)15-9-22(15)21(4)7-6-12-13(10-27-19(12)26)14(21)8-16-24(20,22)29-16/h5,11,14-16,18,20H,1,6-10H2,2-4H3/t14-,15-,16-,18-,20+,21-,22?,23-,24+/m0/s1. The molecular weight excluding hydrogens is 384 g/mol. The molecule has 0 radical (unpaired) electrons. The highest BCUT2D eigenvalue weighted by Gasteiger charge is 2.99. The fraction of sp³-hybridized carbons (Fsp3) is 0.750. The Morgan fingerprint density at radius 1 is 1.33 bits per heavy atom. The van der Waals surface area contributed by atoms with Crippen molar-refractivity contribution in [3.63, 3.8) is 0 Å². The molecular formula is C24H28O6. The van der Waals surface area contributed by atoms with Gasteiger partial charge in [-0.05, 0) is 54.4 Å². The monoisotopic (exact) mass is 412 g/mol. The topological polar surface area (TPSA) is 77.7 Å². The Morgan fingerprint density at radius 2 is 2.13 bits per heavy atom. The number of ether oxygens (including phenoxy) is 4. The van der Waals surface area contributed by atoms with Crippen molar-refractivity contribution in [3.8, 4) is 0 Å². The van der Waals surface area contributed by atoms with E-state index in [0.717, 1.165) is 31.3 Å². The van der Waals surface area contributed by atoms with Gasteiger partial charge in [-0.1, -0.05) is 27.4 Å². The van der Waals surface area contributed by atoms with Crippen molar-refractivity contribution in [2.75, 3.05) is 6.61 Å². The van der Waals surface area contributed by atoms with Crippen LogP contribution in [0.25, 0.3) is 0 Å². The molecule has 5 fully saturated rings. The SMILES string of the molecule is C=CC(=O)O[C@@H]1[C@@]2(C(C)C)O[C@H]2[C@@H]2CC23[C@]12O[C@H]2C[C@H]1C2=C(CC[C@@]13C)C(=O)OC2. The van der Waals surface area contributed by atoms with Crippen molar-refractivity contribution < 1.29 is 28.5 Å². The van der Waals surface area contributed by atoms with Crippen LogP contribution >= 0.6 is 0 Å². The minimum absolute atomic E-state index is 0.00853. The quantitative estimate of drug-likeness (QED) is 0.403. The second kappa shape index (κ2) is 4.88. The van der Waals surface area contributed by atoms with E-state index in [0.29, 0.717) is 18.4 Å². The molecule has 2 saturated heterocycles. The highest BCUT2D eigenvalue weighted by Crippen LogP contribution is 2.90. The normalized spacial score (nSPS) is 55.9. The Labute approximate surface area is 175 Å². The lowest BCUT2D eigenvalue weighted by molar-refractivity contribution is -0.167. The van der Waals surface area contributed by atoms with Crippen LogP contribution in [0.1, 0.15) is 46.5 Å². The van der Waals surface area contributed by atoms with E-state index in [2.05, 4.69) is 27.4 Å². The first-order valence-electron chi connectivity index (χ1n) is 11.4. The Bertz CT molecular complexity index is 967. The second-order valence-corrected chi connectivity index (χ2v) is 11.0. The maximum Gasteiger partial charge on any atom is 0.334 e. The minimum atomic E-state index is -0.472. The molecule has 0 aromatic heterocycles. The van der Waals surface area contributed by atoms with Gasteiger partial charge in [-0.2, -0.15) is 0 Å². The van der Waals surface area contributed by atoms with E-state index in [1.807, 2.05) is 0 Å². The molecule has 9 atom stereocenters. The van der Waals surface area contributed by atoms with Crippen molar-refractivity contribution in [2.24, 2.45) is 28.6 Å². The van der Waals surface area contributed by atoms with Gasteiger partial charge in [0.1, 0.15) is 17.8 Å². The highest BCUT2D eigenvalue weighted by molar-refractivity contribution is 5.92. The molecule has 6 nitrogen and oxygen atoms in total. The van der Waals surface area contributed by atoms with Crippen LogP contribution in [-0.2, 0) is 28.5 Å². The summed E-state index contributed by atoms with van der Waals surface area (Å²) in [7, 11) is 0. The average molecular weight is 412 g/mol. The molecule has 0 bridgehead atoms. The first kappa shape index (κ1) is 18.0. The van der Waals surface area contributed by atoms with Gasteiger partial charge in [-0.3, -0.25) is 0 Å². The van der Waals surface area contributed by atoms with Crippen LogP contribution in [-0.4, -0.2) is 48.1 Å². The predicted octanol–water partition coefficient (Wildman–Crippen LogP) is 2.71. The summed E-state index contributed by atoms with van der Waals surface area (Å²) >= 11 is 0. The summed E-state index contributed by atoms with van der Waals surface area (Å²) in [4.78, 5) is 24.6. The Hall–Kier alpha value is -1.66. The molecule has 3 saturated carbocycles. The van der Waals surface area contributed by atoms with Gasteiger partial charge in [0.25, 0.3) is 0 Å². The van der Waals surface area contributed by atoms with E-state index in [4.69, 9.17) is 18.9 Å². The van der Waals surface area contributed by atoms with Gasteiger partial charge < -0.3 is 18.9 Å². The molecule has 0 aromatic carbocycles. The van der Waals surface area contributed by atoms with Crippen molar-refractivity contribution in [2.45, 2.75) is 76.0 Å². The zero-order valence-corrected chi connectivity index (χ0v) is 17.7. The largest absolute Gasteiger partial charge is 0.458 e. The number of carbonyl (C=O) groups excluding carboxylic acids is 2. The summed E-state index contributed by atoms with van der Waals surface area (Å²) in [6.07, 6.45) is 4.62. The third kappa shape index (κ3) is 1.55. The van der Waals surface area contributed by atoms with Crippen LogP contribution in [0.2, 0.25) is 0 Å². The number of rotatable bonds is 3. The van der Waals surface area contributed by atoms with Gasteiger partial charge >= 0.3 is 11.9 Å². The van der Waals surface area contributed by atoms with E-state index in [1.54, 1.807) is 0 Å². The third-order valence-electron chi connectivity index (χ3n) is 10.2. The van der Waals surface area contributed by atoms with Gasteiger partial charge in [-0.15, -0.1) is 0 Å². The number of fused-ring (bicyclic) bond motifs is 4. The highest BCUT2D eigenvalue weighted by atomic mass is 16.7. The van der Waals surface area contributed by atoms with Gasteiger partial charge in [-0.25, -0.2) is 9.59 Å². The van der Waals surface area contributed by atoms with Gasteiger partial charge in [0.05, 0.1) is 12.2 Å². The van der Waals surface area contributed by atoms with Crippen LogP contribution in [0.3, 0.4) is 0 Å². The van der Waals surface area contributed by atoms with Crippen LogP contribution < -0.4 is 0 Å². The maximum atomic E-state index is 12.4. The summed E-state index contributed by atoms with van der Waals surface area (Å²) in [5, 5.41) is 0. The summed E-state index contributed by atoms with van der Waals surface area (Å²) < 4.78 is 24.6. The average Bonchev–Trinajstić information content (AvgIpc) is 3.61. The number of epoxide rings is 2. The summed E-state index contributed by atoms with van der Waals surface area (Å²) in [5.41, 5.74) is 1.11. The fourth-order valence-electron chi connectivity index (χ4n) is 8.84. The Balaban J connectivity index is 1.37. The molecule has 3 heterocycles. The van der Waals surface area contributed by atoms with E-state index in [1.165, 1.54) is 11.6 Å². The summed E-state index contributed by atoms with van der Waals surface area (Å²) in [5.74, 6) is 0.421. The van der Waals surface area contributed by atoms with E-state index in [-0.39, 0.29) is 34.9 Å². The van der Waals surface area contributed by atoms with Crippen LogP contribution in [0.5, 0.6) is 0 Å². The van der Waals surface area contributed by atoms with Crippen LogP contribution in [0.15, 0.2) is 23.8 Å². The molecule has 0 amide bonds. The van der Waals surface area contributed by atoms with E-state index < -0.39 is 23.3 Å². The number of hydrogen-bond acceptors (Lipinski definition) is 6. The summed E-state index contributed by atoms with van der Waals surface area (Å²) in [6.45, 7) is 10.7. The number of cyclic esters (lactones) is 1. The smallest absolute Gasteiger partial charge is 0.334 e. The molecule has 6 heteroatoms. The van der Waals surface area contributed by atoms with Crippen molar-refractivity contribution in [3.05, 3.63) is 23.8 Å². The molecule has 1 unspecified atom stereocenters. The second-order valence-electron chi connectivity index (χ2n) is 11.0. The molecule has 3 aliphatic heterocycles. The lowest BCUT2D eigenvalue weighted by Gasteiger charge is -2.56. The van der Waals surface area contributed by atoms with Gasteiger partial charge in [0.15, 0.2) is 6.10 Å². The molecule has 7 aliphatic rings. The Kier molecular flexibility index (Phi) is 2.92. The predicted molar refractivity (Wildman–Crippen MR) is 104 cm³/mol. The lowest BCUT2D eigenvalue weighted by Crippen LogP contribution is -2.65. The van der Waals surface area contributed by atoms with Crippen LogP contribution in [0.4, 0.5) is 0 Å². The van der Waals surface area contributed by atoms with E-state index >= 15 is 0 Å². The molecule has 0 aromatic rings. The van der Waals surface area contributed by atoms with Crippen LogP contribution in [0, 0.1) is 28.6 Å². The lowest BCUT2D eigenvalue weighted by atomic mass is 9.45. The van der Waals surface area contributed by atoms with E-state index in [9.17, 15) is 9.59 Å². The number of carbonyl (C=O) groups is 2.